The van der Waals surface area contributed by atoms with Crippen LogP contribution in [-0.4, -0.2) is 18.2 Å². The van der Waals surface area contributed by atoms with Crippen LogP contribution in [0.15, 0.2) is 0 Å². The second-order valence-corrected chi connectivity index (χ2v) is 11.5. The molecule has 27 heavy (non-hydrogen) atoms. The van der Waals surface area contributed by atoms with Gasteiger partial charge in [-0.2, -0.15) is 0 Å². The van der Waals surface area contributed by atoms with Crippen molar-refractivity contribution in [2.75, 3.05) is 0 Å². The van der Waals surface area contributed by atoms with Gasteiger partial charge in [0.15, 0.2) is 0 Å². The van der Waals surface area contributed by atoms with Gasteiger partial charge in [0.2, 0.25) is 0 Å². The Morgan fingerprint density at radius 2 is 0.593 bits per heavy atom. The fourth-order valence-corrected chi connectivity index (χ4v) is 7.85. The molecule has 2 aromatic rings. The van der Waals surface area contributed by atoms with E-state index in [4.69, 9.17) is 10.5 Å². The first-order valence-corrected chi connectivity index (χ1v) is 10.8. The van der Waals surface area contributed by atoms with Crippen molar-refractivity contribution in [2.45, 2.75) is 0 Å². The van der Waals surface area contributed by atoms with Crippen molar-refractivity contribution in [3.63, 3.8) is 0 Å². The number of nitriles is 2. The molecule has 0 aliphatic heterocycles. The first kappa shape index (κ1) is 20.8. The molecule has 0 saturated carbocycles. The Hall–Kier alpha value is -2.49. The number of nitrogens with zero attached hydrogens (tertiary/aromatic N) is 2. The molecule has 0 radical (unpaired) electrons. The van der Waals surface area contributed by atoms with E-state index in [1.54, 1.807) is 0 Å². The molecular formula is C14F10N2Te. The van der Waals surface area contributed by atoms with E-state index in [1.165, 1.54) is 0 Å². The third-order valence-electron chi connectivity index (χ3n) is 3.23. The van der Waals surface area contributed by atoms with Gasteiger partial charge in [-0.1, -0.05) is 0 Å². The van der Waals surface area contributed by atoms with Gasteiger partial charge >= 0.3 is 146 Å². The van der Waals surface area contributed by atoms with Crippen molar-refractivity contribution < 1.29 is 43.9 Å². The predicted molar refractivity (Wildman–Crippen MR) is 68.7 cm³/mol. The zero-order valence-corrected chi connectivity index (χ0v) is 14.4. The molecule has 2 nitrogen and oxygen atoms in total. The van der Waals surface area contributed by atoms with Crippen LogP contribution in [0.3, 0.4) is 0 Å². The van der Waals surface area contributed by atoms with Gasteiger partial charge in [0.25, 0.3) is 0 Å². The van der Waals surface area contributed by atoms with Crippen molar-refractivity contribution >= 4 is 25.4 Å². The standard InChI is InChI=1S/C14F10N2Te/c15-3-5(17)9(21)13(10(22)6(3)18)27(1-25,2-26)14-11(23)7(19)4(16)8(20)12(14)24. The Labute approximate surface area is 146 Å². The van der Waals surface area contributed by atoms with Crippen LogP contribution in [0.25, 0.3) is 0 Å². The molecule has 0 atom stereocenters. The van der Waals surface area contributed by atoms with Gasteiger partial charge in [0.1, 0.15) is 0 Å². The summed E-state index contributed by atoms with van der Waals surface area (Å²) in [6.45, 7) is 0. The van der Waals surface area contributed by atoms with Crippen LogP contribution >= 0.6 is 0 Å². The van der Waals surface area contributed by atoms with Gasteiger partial charge in [-0.05, 0) is 0 Å². The van der Waals surface area contributed by atoms with Gasteiger partial charge < -0.3 is 0 Å². The number of halogens is 10. The Morgan fingerprint density at radius 3 is 0.778 bits per heavy atom. The van der Waals surface area contributed by atoms with Gasteiger partial charge in [-0.3, -0.25) is 0 Å². The Balaban J connectivity index is 3.16. The molecule has 0 N–H and O–H groups in total. The number of hydrogen-bond acceptors (Lipinski definition) is 2. The second kappa shape index (κ2) is 6.91. The zero-order valence-electron chi connectivity index (χ0n) is 12.1. The van der Waals surface area contributed by atoms with E-state index in [0.717, 1.165) is 8.23 Å². The average molecular weight is 514 g/mol. The van der Waals surface area contributed by atoms with E-state index in [0.29, 0.717) is 0 Å². The van der Waals surface area contributed by atoms with Gasteiger partial charge in [0, 0.05) is 0 Å². The molecule has 0 amide bonds. The van der Waals surface area contributed by atoms with Crippen molar-refractivity contribution in [3.05, 3.63) is 58.2 Å². The molecular weight excluding hydrogens is 514 g/mol. The Bertz CT molecular complexity index is 926. The van der Waals surface area contributed by atoms with Crippen LogP contribution in [0, 0.1) is 76.9 Å². The molecule has 0 bridgehead atoms. The Morgan fingerprint density at radius 1 is 0.407 bits per heavy atom. The average Bonchev–Trinajstić information content (AvgIpc) is 2.66. The maximum absolute atomic E-state index is 14.0. The SMILES string of the molecule is N#C[Te](C#N)(c1c(F)c(F)c(F)c(F)c1F)c1c(F)c(F)c(F)c(F)c1F. The maximum atomic E-state index is 14.0. The van der Waals surface area contributed by atoms with Crippen LogP contribution in [0.2, 0.25) is 0 Å². The van der Waals surface area contributed by atoms with Crippen molar-refractivity contribution in [3.8, 4) is 8.23 Å². The van der Waals surface area contributed by atoms with Crippen molar-refractivity contribution in [1.82, 2.24) is 0 Å². The number of benzene rings is 2. The molecule has 2 rings (SSSR count). The molecule has 0 fully saturated rings. The molecule has 0 heterocycles. The predicted octanol–water partition coefficient (Wildman–Crippen LogP) is 2.77. The van der Waals surface area contributed by atoms with Crippen molar-refractivity contribution in [2.24, 2.45) is 0 Å². The topological polar surface area (TPSA) is 47.6 Å². The van der Waals surface area contributed by atoms with Crippen LogP contribution in [0.1, 0.15) is 0 Å². The summed E-state index contributed by atoms with van der Waals surface area (Å²) in [4.78, 5) is 0. The molecule has 142 valence electrons. The third kappa shape index (κ3) is 2.70. The van der Waals surface area contributed by atoms with E-state index >= 15 is 0 Å². The first-order chi connectivity index (χ1) is 12.5. The minimum atomic E-state index is -6.74. The number of hydrogen-bond donors (Lipinski definition) is 0. The fraction of sp³-hybridized carbons (Fsp3) is 0. The van der Waals surface area contributed by atoms with E-state index in [1.807, 2.05) is 0 Å². The summed E-state index contributed by atoms with van der Waals surface area (Å²) < 4.78 is 133. The van der Waals surface area contributed by atoms with Crippen LogP contribution in [0.4, 0.5) is 43.9 Å². The molecule has 0 unspecified atom stereocenters. The molecule has 0 aliphatic rings. The summed E-state index contributed by atoms with van der Waals surface area (Å²) in [5, 5.41) is 18.3. The summed E-state index contributed by atoms with van der Waals surface area (Å²) in [5.41, 5.74) is 0. The summed E-state index contributed by atoms with van der Waals surface area (Å²) in [7, 11) is 0. The first-order valence-electron chi connectivity index (χ1n) is 6.15. The van der Waals surface area contributed by atoms with E-state index in [-0.39, 0.29) is 0 Å². The quantitative estimate of drug-likeness (QED) is 0.268. The Kier molecular flexibility index (Phi) is 5.33. The molecule has 13 heteroatoms. The minimum absolute atomic E-state index is 0.766. The monoisotopic (exact) mass is 516 g/mol. The summed E-state index contributed by atoms with van der Waals surface area (Å²) in [6, 6.07) is 0. The molecule has 0 aliphatic carbocycles. The van der Waals surface area contributed by atoms with E-state index in [9.17, 15) is 43.9 Å². The molecule has 0 aromatic heterocycles. The molecule has 0 spiro atoms. The van der Waals surface area contributed by atoms with Crippen LogP contribution in [-0.2, 0) is 0 Å². The second-order valence-electron chi connectivity index (χ2n) is 4.59. The fourth-order valence-electron chi connectivity index (χ4n) is 2.01. The van der Waals surface area contributed by atoms with Crippen molar-refractivity contribution in [1.29, 1.82) is 10.5 Å². The van der Waals surface area contributed by atoms with Crippen LogP contribution < -0.4 is 7.22 Å². The summed E-state index contributed by atoms with van der Waals surface area (Å²) in [6.07, 6.45) is 0. The zero-order chi connectivity index (χ0) is 20.8. The van der Waals surface area contributed by atoms with Gasteiger partial charge in [-0.25, -0.2) is 0 Å². The van der Waals surface area contributed by atoms with Gasteiger partial charge in [0.05, 0.1) is 0 Å². The number of rotatable bonds is 2. The summed E-state index contributed by atoms with van der Waals surface area (Å²) in [5.74, 6) is -27.2. The summed E-state index contributed by atoms with van der Waals surface area (Å²) >= 11 is -6.74. The van der Waals surface area contributed by atoms with E-state index < -0.39 is 83.6 Å². The van der Waals surface area contributed by atoms with Crippen LogP contribution in [0.5, 0.6) is 0 Å². The van der Waals surface area contributed by atoms with Gasteiger partial charge in [-0.15, -0.1) is 0 Å². The van der Waals surface area contributed by atoms with E-state index in [2.05, 4.69) is 0 Å². The molecule has 2 aromatic carbocycles. The normalized spacial score (nSPS) is 11.9. The molecule has 0 saturated heterocycles. The third-order valence-corrected chi connectivity index (χ3v) is 10.3.